The highest BCUT2D eigenvalue weighted by atomic mass is 16.5. The molecule has 1 spiro atoms. The van der Waals surface area contributed by atoms with E-state index < -0.39 is 0 Å². The molecule has 0 radical (unpaired) electrons. The van der Waals surface area contributed by atoms with Crippen molar-refractivity contribution in [3.63, 3.8) is 0 Å². The second kappa shape index (κ2) is 4.91. The molecule has 3 rings (SSSR count). The summed E-state index contributed by atoms with van der Waals surface area (Å²) in [6.07, 6.45) is 5.30. The summed E-state index contributed by atoms with van der Waals surface area (Å²) < 4.78 is 5.19. The first-order chi connectivity index (χ1) is 9.21. The van der Waals surface area contributed by atoms with Crippen LogP contribution >= 0.6 is 0 Å². The Morgan fingerprint density at radius 2 is 1.95 bits per heavy atom. The van der Waals surface area contributed by atoms with Crippen molar-refractivity contribution in [3.05, 3.63) is 12.1 Å². The zero-order chi connectivity index (χ0) is 13.3. The second-order valence-electron chi connectivity index (χ2n) is 6.14. The summed E-state index contributed by atoms with van der Waals surface area (Å²) in [6.45, 7) is 4.43. The quantitative estimate of drug-likeness (QED) is 0.815. The molecule has 2 heterocycles. The van der Waals surface area contributed by atoms with Gasteiger partial charge in [-0.25, -0.2) is 0 Å². The summed E-state index contributed by atoms with van der Waals surface area (Å²) in [7, 11) is 1.66. The van der Waals surface area contributed by atoms with Crippen LogP contribution in [0.5, 0.6) is 5.88 Å². The number of pyridine rings is 1. The first-order valence-corrected chi connectivity index (χ1v) is 7.24. The number of hydrogen-bond acceptors (Lipinski definition) is 4. The van der Waals surface area contributed by atoms with Gasteiger partial charge in [0.05, 0.1) is 12.8 Å². The van der Waals surface area contributed by atoms with Crippen LogP contribution in [0.3, 0.4) is 0 Å². The number of nitrogens with one attached hydrogen (secondary N) is 2. The molecule has 0 amide bonds. The predicted molar refractivity (Wildman–Crippen MR) is 77.8 cm³/mol. The summed E-state index contributed by atoms with van der Waals surface area (Å²) in [6, 6.07) is 3.97. The molecule has 0 aromatic carbocycles. The largest absolute Gasteiger partial charge is 0.481 e. The minimum absolute atomic E-state index is 0.389. The molecule has 19 heavy (non-hydrogen) atoms. The van der Waals surface area contributed by atoms with Gasteiger partial charge >= 0.3 is 0 Å². The van der Waals surface area contributed by atoms with Gasteiger partial charge in [0.2, 0.25) is 5.88 Å². The average Bonchev–Trinajstić information content (AvgIpc) is 2.62. The number of nitrogens with zero attached hydrogens (tertiary/aromatic N) is 1. The molecule has 1 aromatic heterocycles. The summed E-state index contributed by atoms with van der Waals surface area (Å²) in [5.74, 6) is 2.48. The summed E-state index contributed by atoms with van der Waals surface area (Å²) in [4.78, 5) is 4.49. The van der Waals surface area contributed by atoms with Crippen LogP contribution in [0.15, 0.2) is 12.1 Å². The molecule has 0 atom stereocenters. The van der Waals surface area contributed by atoms with Crippen LogP contribution in [0.25, 0.3) is 0 Å². The van der Waals surface area contributed by atoms with E-state index in [9.17, 15) is 0 Å². The second-order valence-corrected chi connectivity index (χ2v) is 6.14. The molecule has 2 aliphatic rings. The Hall–Kier alpha value is -1.45. The van der Waals surface area contributed by atoms with Crippen LogP contribution in [0, 0.1) is 11.3 Å². The Morgan fingerprint density at radius 3 is 2.68 bits per heavy atom. The number of hydrogen-bond donors (Lipinski definition) is 2. The maximum atomic E-state index is 5.19. The molecule has 4 nitrogen and oxygen atoms in total. The van der Waals surface area contributed by atoms with Crippen LogP contribution in [-0.2, 0) is 0 Å². The van der Waals surface area contributed by atoms with E-state index in [1.807, 2.05) is 6.07 Å². The molecular formula is C15H23N3O. The fourth-order valence-electron chi connectivity index (χ4n) is 3.18. The monoisotopic (exact) mass is 261 g/mol. The maximum absolute atomic E-state index is 5.19. The molecule has 1 aliphatic heterocycles. The van der Waals surface area contributed by atoms with Gasteiger partial charge in [0.1, 0.15) is 0 Å². The molecule has 1 fully saturated rings. The standard InChI is InChI=1S/C15H23N3O/c1-11-5-7-15(8-6-11)9-16-12-3-4-13(19-2)18-14(12)17-10-15/h3-4,11,16H,5-10H2,1-2H3,(H,17,18). The van der Waals surface area contributed by atoms with Gasteiger partial charge in [-0.3, -0.25) is 0 Å². The van der Waals surface area contributed by atoms with Gasteiger partial charge in [-0.15, -0.1) is 0 Å². The number of methoxy groups -OCH3 is 1. The Morgan fingerprint density at radius 1 is 1.21 bits per heavy atom. The molecule has 2 N–H and O–H groups in total. The van der Waals surface area contributed by atoms with Crippen LogP contribution in [0.4, 0.5) is 11.5 Å². The predicted octanol–water partition coefficient (Wildman–Crippen LogP) is 3.12. The lowest BCUT2D eigenvalue weighted by Gasteiger charge is -2.38. The molecule has 104 valence electrons. The summed E-state index contributed by atoms with van der Waals surface area (Å²) >= 11 is 0. The molecule has 0 unspecified atom stereocenters. The number of fused-ring (bicyclic) bond motifs is 1. The van der Waals surface area contributed by atoms with Gasteiger partial charge in [0, 0.05) is 24.6 Å². The van der Waals surface area contributed by atoms with Crippen molar-refractivity contribution in [2.45, 2.75) is 32.6 Å². The molecule has 1 aliphatic carbocycles. The Labute approximate surface area is 115 Å². The Kier molecular flexibility index (Phi) is 3.25. The zero-order valence-corrected chi connectivity index (χ0v) is 11.8. The highest BCUT2D eigenvalue weighted by Crippen LogP contribution is 2.41. The van der Waals surface area contributed by atoms with Crippen LogP contribution < -0.4 is 15.4 Å². The minimum atomic E-state index is 0.389. The molecule has 0 bridgehead atoms. The van der Waals surface area contributed by atoms with Gasteiger partial charge in [-0.05, 0) is 24.8 Å². The SMILES string of the molecule is COc1ccc2c(n1)NCC1(CCC(C)CC1)CN2. The van der Waals surface area contributed by atoms with E-state index in [-0.39, 0.29) is 0 Å². The topological polar surface area (TPSA) is 46.2 Å². The zero-order valence-electron chi connectivity index (χ0n) is 11.8. The lowest BCUT2D eigenvalue weighted by Crippen LogP contribution is -2.38. The van der Waals surface area contributed by atoms with Crippen molar-refractivity contribution in [1.82, 2.24) is 4.98 Å². The van der Waals surface area contributed by atoms with Crippen molar-refractivity contribution in [2.75, 3.05) is 30.8 Å². The van der Waals surface area contributed by atoms with Crippen LogP contribution in [0.2, 0.25) is 0 Å². The van der Waals surface area contributed by atoms with Crippen LogP contribution in [-0.4, -0.2) is 25.2 Å². The maximum Gasteiger partial charge on any atom is 0.215 e. The Balaban J connectivity index is 1.77. The Bertz CT molecular complexity index is 453. The average molecular weight is 261 g/mol. The fourth-order valence-corrected chi connectivity index (χ4v) is 3.18. The van der Waals surface area contributed by atoms with E-state index >= 15 is 0 Å². The van der Waals surface area contributed by atoms with Gasteiger partial charge in [-0.2, -0.15) is 4.98 Å². The normalized spacial score (nSPS) is 29.9. The first-order valence-electron chi connectivity index (χ1n) is 7.24. The third-order valence-electron chi connectivity index (χ3n) is 4.70. The third kappa shape index (κ3) is 2.48. The van der Waals surface area contributed by atoms with Crippen molar-refractivity contribution in [3.8, 4) is 5.88 Å². The van der Waals surface area contributed by atoms with Crippen molar-refractivity contribution in [2.24, 2.45) is 11.3 Å². The van der Waals surface area contributed by atoms with Gasteiger partial charge in [-0.1, -0.05) is 19.8 Å². The lowest BCUT2D eigenvalue weighted by atomic mass is 9.71. The number of anilines is 2. The first kappa shape index (κ1) is 12.6. The highest BCUT2D eigenvalue weighted by molar-refractivity contribution is 5.66. The van der Waals surface area contributed by atoms with Gasteiger partial charge < -0.3 is 15.4 Å². The molecule has 0 saturated heterocycles. The van der Waals surface area contributed by atoms with E-state index in [1.54, 1.807) is 7.11 Å². The fraction of sp³-hybridized carbons (Fsp3) is 0.667. The van der Waals surface area contributed by atoms with E-state index in [0.717, 1.165) is 30.5 Å². The molecule has 4 heteroatoms. The highest BCUT2D eigenvalue weighted by Gasteiger charge is 2.35. The number of ether oxygens (including phenoxy) is 1. The molecule has 1 saturated carbocycles. The van der Waals surface area contributed by atoms with Gasteiger partial charge in [0.25, 0.3) is 0 Å². The smallest absolute Gasteiger partial charge is 0.215 e. The molecular weight excluding hydrogens is 238 g/mol. The van der Waals surface area contributed by atoms with Crippen molar-refractivity contribution < 1.29 is 4.74 Å². The molecule has 1 aromatic rings. The summed E-state index contributed by atoms with van der Waals surface area (Å²) in [5.41, 5.74) is 1.48. The van der Waals surface area contributed by atoms with Crippen LogP contribution in [0.1, 0.15) is 32.6 Å². The van der Waals surface area contributed by atoms with Crippen molar-refractivity contribution in [1.29, 1.82) is 0 Å². The van der Waals surface area contributed by atoms with Gasteiger partial charge in [0.15, 0.2) is 5.82 Å². The van der Waals surface area contributed by atoms with E-state index in [0.29, 0.717) is 11.3 Å². The number of aromatic nitrogens is 1. The van der Waals surface area contributed by atoms with E-state index in [4.69, 9.17) is 4.74 Å². The van der Waals surface area contributed by atoms with E-state index in [1.165, 1.54) is 25.7 Å². The minimum Gasteiger partial charge on any atom is -0.481 e. The number of rotatable bonds is 1. The van der Waals surface area contributed by atoms with Crippen molar-refractivity contribution >= 4 is 11.5 Å². The van der Waals surface area contributed by atoms with E-state index in [2.05, 4.69) is 28.6 Å². The lowest BCUT2D eigenvalue weighted by molar-refractivity contribution is 0.185. The third-order valence-corrected chi connectivity index (χ3v) is 4.70. The summed E-state index contributed by atoms with van der Waals surface area (Å²) in [5, 5.41) is 7.09.